The van der Waals surface area contributed by atoms with Gasteiger partial charge in [-0.05, 0) is 49.2 Å². The number of amides is 1. The molecule has 0 unspecified atom stereocenters. The van der Waals surface area contributed by atoms with Gasteiger partial charge in [-0.3, -0.25) is 14.5 Å². The highest BCUT2D eigenvalue weighted by molar-refractivity contribution is 8.26. The molecule has 1 amide bonds. The van der Waals surface area contributed by atoms with Gasteiger partial charge in [0, 0.05) is 24.6 Å². The van der Waals surface area contributed by atoms with Gasteiger partial charge in [0.15, 0.2) is 0 Å². The number of thioether (sulfide) groups is 1. The quantitative estimate of drug-likeness (QED) is 0.372. The van der Waals surface area contributed by atoms with E-state index in [1.165, 1.54) is 28.8 Å². The van der Waals surface area contributed by atoms with E-state index in [9.17, 15) is 14.0 Å². The molecule has 0 spiro atoms. The smallest absolute Gasteiger partial charge is 0.303 e. The molecule has 146 valence electrons. The first-order valence-electron chi connectivity index (χ1n) is 8.77. The summed E-state index contributed by atoms with van der Waals surface area (Å²) in [5.41, 5.74) is 0.745. The Morgan fingerprint density at radius 2 is 1.93 bits per heavy atom. The van der Waals surface area contributed by atoms with Crippen LogP contribution in [0.1, 0.15) is 31.4 Å². The van der Waals surface area contributed by atoms with Crippen LogP contribution in [0.25, 0.3) is 17.4 Å². The molecule has 1 fully saturated rings. The number of carboxylic acid groups (broad SMARTS) is 1. The molecule has 0 bridgehead atoms. The minimum atomic E-state index is -0.813. The predicted molar refractivity (Wildman–Crippen MR) is 110 cm³/mol. The van der Waals surface area contributed by atoms with Gasteiger partial charge in [-0.2, -0.15) is 0 Å². The van der Waals surface area contributed by atoms with E-state index < -0.39 is 5.97 Å². The van der Waals surface area contributed by atoms with Gasteiger partial charge >= 0.3 is 5.97 Å². The number of halogens is 1. The van der Waals surface area contributed by atoms with Crippen LogP contribution in [0.5, 0.6) is 0 Å². The zero-order valence-corrected chi connectivity index (χ0v) is 16.5. The van der Waals surface area contributed by atoms with Gasteiger partial charge in [-0.25, -0.2) is 4.39 Å². The van der Waals surface area contributed by atoms with E-state index in [2.05, 4.69) is 0 Å². The van der Waals surface area contributed by atoms with Crippen molar-refractivity contribution in [3.63, 3.8) is 0 Å². The molecule has 0 atom stereocenters. The van der Waals surface area contributed by atoms with Crippen molar-refractivity contribution >= 4 is 46.3 Å². The van der Waals surface area contributed by atoms with Gasteiger partial charge in [0.2, 0.25) is 0 Å². The lowest BCUT2D eigenvalue weighted by molar-refractivity contribution is -0.137. The van der Waals surface area contributed by atoms with E-state index >= 15 is 0 Å². The molecule has 1 aromatic heterocycles. The third-order valence-electron chi connectivity index (χ3n) is 4.17. The second-order valence-corrected chi connectivity index (χ2v) is 7.92. The van der Waals surface area contributed by atoms with Crippen molar-refractivity contribution in [3.8, 4) is 11.3 Å². The zero-order valence-electron chi connectivity index (χ0n) is 14.9. The summed E-state index contributed by atoms with van der Waals surface area (Å²) in [6.07, 6.45) is 3.78. The third-order valence-corrected chi connectivity index (χ3v) is 5.55. The summed E-state index contributed by atoms with van der Waals surface area (Å²) in [7, 11) is 0. The Morgan fingerprint density at radius 3 is 2.64 bits per heavy atom. The van der Waals surface area contributed by atoms with Crippen molar-refractivity contribution in [2.24, 2.45) is 0 Å². The van der Waals surface area contributed by atoms with Gasteiger partial charge in [0.25, 0.3) is 5.91 Å². The molecule has 1 aliphatic heterocycles. The lowest BCUT2D eigenvalue weighted by atomic mass is 10.2. The van der Waals surface area contributed by atoms with Crippen molar-refractivity contribution in [1.29, 1.82) is 0 Å². The van der Waals surface area contributed by atoms with E-state index in [0.29, 0.717) is 40.1 Å². The lowest BCUT2D eigenvalue weighted by Crippen LogP contribution is -2.29. The van der Waals surface area contributed by atoms with Crippen molar-refractivity contribution in [1.82, 2.24) is 4.90 Å². The summed E-state index contributed by atoms with van der Waals surface area (Å²) in [5.74, 6) is -0.205. The number of thiocarbonyl (C=S) groups is 1. The highest BCUT2D eigenvalue weighted by Crippen LogP contribution is 2.33. The van der Waals surface area contributed by atoms with Gasteiger partial charge in [-0.1, -0.05) is 30.4 Å². The molecule has 2 heterocycles. The number of furan rings is 1. The number of nitrogens with zero attached hydrogens (tertiary/aromatic N) is 1. The number of unbranched alkanes of at least 4 members (excludes halogenated alkanes) is 2. The van der Waals surface area contributed by atoms with Crippen molar-refractivity contribution in [2.45, 2.75) is 25.7 Å². The van der Waals surface area contributed by atoms with Crippen molar-refractivity contribution in [2.75, 3.05) is 6.54 Å². The molecule has 3 rings (SSSR count). The number of carbonyl (C=O) groups excluding carboxylic acids is 1. The Hall–Kier alpha value is -2.45. The average molecular weight is 419 g/mol. The Balaban J connectivity index is 1.62. The lowest BCUT2D eigenvalue weighted by Gasteiger charge is -2.13. The molecular formula is C20H18FNO4S2. The third kappa shape index (κ3) is 5.08. The highest BCUT2D eigenvalue weighted by atomic mass is 32.2. The summed E-state index contributed by atoms with van der Waals surface area (Å²) in [6, 6.07) is 9.49. The van der Waals surface area contributed by atoms with Crippen LogP contribution >= 0.6 is 24.0 Å². The summed E-state index contributed by atoms with van der Waals surface area (Å²) >= 11 is 6.51. The van der Waals surface area contributed by atoms with Crippen molar-refractivity contribution in [3.05, 3.63) is 52.9 Å². The number of hydrogen-bond donors (Lipinski definition) is 1. The Labute approximate surface area is 171 Å². The topological polar surface area (TPSA) is 70.8 Å². The number of carbonyl (C=O) groups is 2. The van der Waals surface area contributed by atoms with Crippen LogP contribution in [0, 0.1) is 5.82 Å². The molecule has 1 N–H and O–H groups in total. The standard InChI is InChI=1S/C20H18FNO4S2/c21-14-7-5-13(6-8-14)16-10-9-15(26-16)12-17-19(25)22(20(27)28-17)11-3-1-2-4-18(23)24/h5-10,12H,1-4,11H2,(H,23,24). The van der Waals surface area contributed by atoms with Crippen LogP contribution in [-0.2, 0) is 9.59 Å². The molecular weight excluding hydrogens is 401 g/mol. The molecule has 0 saturated carbocycles. The number of benzene rings is 1. The summed E-state index contributed by atoms with van der Waals surface area (Å²) in [5, 5.41) is 8.65. The van der Waals surface area contributed by atoms with E-state index in [1.807, 2.05) is 0 Å². The van der Waals surface area contributed by atoms with Crippen LogP contribution in [0.3, 0.4) is 0 Å². The summed E-state index contributed by atoms with van der Waals surface area (Å²) in [6.45, 7) is 0.473. The molecule has 0 radical (unpaired) electrons. The van der Waals surface area contributed by atoms with Crippen LogP contribution in [0.4, 0.5) is 4.39 Å². The minimum absolute atomic E-state index is 0.132. The Kier molecular flexibility index (Phi) is 6.64. The highest BCUT2D eigenvalue weighted by Gasteiger charge is 2.31. The van der Waals surface area contributed by atoms with Gasteiger partial charge in [-0.15, -0.1) is 0 Å². The molecule has 2 aromatic rings. The normalized spacial score (nSPS) is 15.6. The second-order valence-electron chi connectivity index (χ2n) is 6.25. The van der Waals surface area contributed by atoms with Crippen LogP contribution in [0.2, 0.25) is 0 Å². The molecule has 1 saturated heterocycles. The van der Waals surface area contributed by atoms with Crippen LogP contribution in [-0.4, -0.2) is 32.7 Å². The SMILES string of the molecule is O=C(O)CCCCCN1C(=O)C(=Cc2ccc(-c3ccc(F)cc3)o2)SC1=S. The van der Waals surface area contributed by atoms with E-state index in [1.54, 1.807) is 30.3 Å². The largest absolute Gasteiger partial charge is 0.481 e. The number of carboxylic acids is 1. The molecule has 28 heavy (non-hydrogen) atoms. The summed E-state index contributed by atoms with van der Waals surface area (Å²) < 4.78 is 19.3. The zero-order chi connectivity index (χ0) is 20.1. The molecule has 0 aliphatic carbocycles. The van der Waals surface area contributed by atoms with E-state index in [4.69, 9.17) is 21.7 Å². The van der Waals surface area contributed by atoms with Crippen molar-refractivity contribution < 1.29 is 23.5 Å². The first kappa shape index (κ1) is 20.3. The van der Waals surface area contributed by atoms with Crippen LogP contribution in [0.15, 0.2) is 45.7 Å². The first-order chi connectivity index (χ1) is 13.4. The van der Waals surface area contributed by atoms with E-state index in [-0.39, 0.29) is 18.1 Å². The second kappa shape index (κ2) is 9.16. The monoisotopic (exact) mass is 419 g/mol. The van der Waals surface area contributed by atoms with Crippen LogP contribution < -0.4 is 0 Å². The fraction of sp³-hybridized carbons (Fsp3) is 0.250. The molecule has 5 nitrogen and oxygen atoms in total. The molecule has 8 heteroatoms. The number of hydrogen-bond acceptors (Lipinski definition) is 5. The maximum atomic E-state index is 13.0. The maximum Gasteiger partial charge on any atom is 0.303 e. The molecule has 1 aromatic carbocycles. The fourth-order valence-corrected chi connectivity index (χ4v) is 4.03. The predicted octanol–water partition coefficient (Wildman–Crippen LogP) is 4.93. The Bertz CT molecular complexity index is 921. The fourth-order valence-electron chi connectivity index (χ4n) is 2.74. The van der Waals surface area contributed by atoms with E-state index in [0.717, 1.165) is 12.0 Å². The first-order valence-corrected chi connectivity index (χ1v) is 9.99. The minimum Gasteiger partial charge on any atom is -0.481 e. The van der Waals surface area contributed by atoms with Gasteiger partial charge in [0.05, 0.1) is 4.91 Å². The Morgan fingerprint density at radius 1 is 1.18 bits per heavy atom. The number of aliphatic carboxylic acids is 1. The number of rotatable bonds is 8. The van der Waals surface area contributed by atoms with Gasteiger partial charge < -0.3 is 9.52 Å². The average Bonchev–Trinajstić information content (AvgIpc) is 3.22. The maximum absolute atomic E-state index is 13.0. The van der Waals surface area contributed by atoms with Gasteiger partial charge in [0.1, 0.15) is 21.7 Å². The molecule has 1 aliphatic rings. The summed E-state index contributed by atoms with van der Waals surface area (Å²) in [4.78, 5) is 25.1.